The largest absolute Gasteiger partial charge is 0.475 e. The fourth-order valence-corrected chi connectivity index (χ4v) is 4.90. The van der Waals surface area contributed by atoms with Crippen molar-refractivity contribution in [1.29, 1.82) is 0 Å². The van der Waals surface area contributed by atoms with Crippen LogP contribution >= 0.6 is 7.82 Å². The minimum atomic E-state index is -4.30. The SMILES string of the molecule is CC(C)OP1(=O)OCC2(C(F)F)OC(n3cnc4c(=O)[nH]c(N)nc43)C(F)C2O1. The lowest BCUT2D eigenvalue weighted by atomic mass is 9.97. The molecule has 29 heavy (non-hydrogen) atoms. The third kappa shape index (κ3) is 3.15. The molecule has 4 rings (SSSR count). The number of rotatable bonds is 4. The number of nitrogens with two attached hydrogens (primary N) is 1. The Kier molecular flexibility index (Phi) is 4.74. The van der Waals surface area contributed by atoms with Gasteiger partial charge in [0, 0.05) is 0 Å². The summed E-state index contributed by atoms with van der Waals surface area (Å²) in [6.07, 6.45) is -8.81. The van der Waals surface area contributed by atoms with Gasteiger partial charge in [-0.1, -0.05) is 0 Å². The van der Waals surface area contributed by atoms with E-state index in [1.807, 2.05) is 0 Å². The van der Waals surface area contributed by atoms with Gasteiger partial charge in [-0.2, -0.15) is 4.98 Å². The topological polar surface area (TPSA) is 144 Å². The molecular formula is C14H17F3N5O6P. The normalized spacial score (nSPS) is 34.9. The predicted octanol–water partition coefficient (Wildman–Crippen LogP) is 1.52. The second-order valence-corrected chi connectivity index (χ2v) is 8.46. The first-order chi connectivity index (χ1) is 13.6. The van der Waals surface area contributed by atoms with Crippen LogP contribution in [0.2, 0.25) is 0 Å². The fourth-order valence-electron chi connectivity index (χ4n) is 3.28. The van der Waals surface area contributed by atoms with E-state index in [1.165, 1.54) is 13.8 Å². The van der Waals surface area contributed by atoms with E-state index in [-0.39, 0.29) is 17.1 Å². The highest BCUT2D eigenvalue weighted by atomic mass is 31.2. The van der Waals surface area contributed by atoms with E-state index in [4.69, 9.17) is 24.0 Å². The monoisotopic (exact) mass is 439 g/mol. The van der Waals surface area contributed by atoms with Crippen LogP contribution in [-0.4, -0.2) is 56.5 Å². The number of aromatic nitrogens is 4. The van der Waals surface area contributed by atoms with Gasteiger partial charge < -0.3 is 10.5 Å². The van der Waals surface area contributed by atoms with E-state index in [0.717, 1.165) is 10.9 Å². The lowest BCUT2D eigenvalue weighted by molar-refractivity contribution is -0.208. The van der Waals surface area contributed by atoms with Crippen molar-refractivity contribution in [3.8, 4) is 0 Å². The molecule has 160 valence electrons. The maximum absolute atomic E-state index is 15.3. The number of alkyl halides is 3. The summed E-state index contributed by atoms with van der Waals surface area (Å²) in [4.78, 5) is 21.8. The van der Waals surface area contributed by atoms with Gasteiger partial charge in [0.25, 0.3) is 12.0 Å². The van der Waals surface area contributed by atoms with Crippen LogP contribution in [-0.2, 0) is 22.9 Å². The number of H-pyrrole nitrogens is 1. The predicted molar refractivity (Wildman–Crippen MR) is 91.0 cm³/mol. The molecule has 2 aliphatic heterocycles. The Morgan fingerprint density at radius 1 is 1.48 bits per heavy atom. The van der Waals surface area contributed by atoms with Crippen LogP contribution in [0.25, 0.3) is 11.2 Å². The van der Waals surface area contributed by atoms with Crippen molar-refractivity contribution in [2.75, 3.05) is 12.3 Å². The summed E-state index contributed by atoms with van der Waals surface area (Å²) >= 11 is 0. The van der Waals surface area contributed by atoms with Gasteiger partial charge in [0.05, 0.1) is 19.0 Å². The smallest absolute Gasteiger partial charge is 0.369 e. The highest BCUT2D eigenvalue weighted by molar-refractivity contribution is 7.48. The molecule has 11 nitrogen and oxygen atoms in total. The first kappa shape index (κ1) is 20.3. The Bertz CT molecular complexity index is 1050. The molecule has 2 aliphatic rings. The number of anilines is 1. The lowest BCUT2D eigenvalue weighted by Crippen LogP contribution is -2.55. The standard InChI is InChI=1S/C14H17F3N5O6P/c1-5(2)27-29(24)25-3-14(12(16)17)8(28-29)6(15)11(26-14)22-4-19-7-9(22)20-13(18)21-10(7)23/h4-6,8,11-12H,3H2,1-2H3,(H3,18,20,21,23). The number of ether oxygens (including phenoxy) is 1. The van der Waals surface area contributed by atoms with Gasteiger partial charge >= 0.3 is 7.82 Å². The molecule has 0 aliphatic carbocycles. The van der Waals surface area contributed by atoms with Gasteiger partial charge in [-0.3, -0.25) is 27.9 Å². The number of nitrogens with one attached hydrogen (secondary N) is 1. The van der Waals surface area contributed by atoms with Gasteiger partial charge in [-0.15, -0.1) is 0 Å². The summed E-state index contributed by atoms with van der Waals surface area (Å²) in [5.74, 6) is -0.284. The van der Waals surface area contributed by atoms with Crippen LogP contribution in [0.5, 0.6) is 0 Å². The van der Waals surface area contributed by atoms with Gasteiger partial charge in [0.15, 0.2) is 29.2 Å². The maximum atomic E-state index is 15.3. The molecule has 2 saturated heterocycles. The van der Waals surface area contributed by atoms with Crippen molar-refractivity contribution in [1.82, 2.24) is 19.5 Å². The van der Waals surface area contributed by atoms with E-state index >= 15 is 4.39 Å². The van der Waals surface area contributed by atoms with E-state index in [0.29, 0.717) is 0 Å². The molecule has 0 radical (unpaired) electrons. The Morgan fingerprint density at radius 2 is 2.21 bits per heavy atom. The molecule has 0 bridgehead atoms. The van der Waals surface area contributed by atoms with Gasteiger partial charge in [-0.25, -0.2) is 22.7 Å². The van der Waals surface area contributed by atoms with E-state index in [2.05, 4.69) is 15.0 Å². The Balaban J connectivity index is 1.76. The van der Waals surface area contributed by atoms with Crippen LogP contribution < -0.4 is 11.3 Å². The van der Waals surface area contributed by atoms with Crippen LogP contribution in [0.3, 0.4) is 0 Å². The molecule has 0 amide bonds. The minimum absolute atomic E-state index is 0.176. The maximum Gasteiger partial charge on any atom is 0.475 e. The second kappa shape index (κ2) is 6.77. The first-order valence-electron chi connectivity index (χ1n) is 8.50. The molecule has 2 fully saturated rings. The van der Waals surface area contributed by atoms with Crippen LogP contribution in [0.15, 0.2) is 11.1 Å². The molecular weight excluding hydrogens is 422 g/mol. The second-order valence-electron chi connectivity index (χ2n) is 6.88. The number of imidazole rings is 1. The lowest BCUT2D eigenvalue weighted by Gasteiger charge is -2.39. The summed E-state index contributed by atoms with van der Waals surface area (Å²) in [6, 6.07) is 0. The summed E-state index contributed by atoms with van der Waals surface area (Å²) in [6.45, 7) is 2.11. The number of phosphoric ester groups is 1. The fraction of sp³-hybridized carbons (Fsp3) is 0.643. The number of hydrogen-bond donors (Lipinski definition) is 2. The van der Waals surface area contributed by atoms with Crippen molar-refractivity contribution in [2.45, 2.75) is 50.5 Å². The third-order valence-corrected chi connectivity index (χ3v) is 6.12. The van der Waals surface area contributed by atoms with Gasteiger partial charge in [0.1, 0.15) is 6.10 Å². The molecule has 0 spiro atoms. The Morgan fingerprint density at radius 3 is 2.86 bits per heavy atom. The molecule has 15 heteroatoms. The number of aromatic amines is 1. The minimum Gasteiger partial charge on any atom is -0.369 e. The average Bonchev–Trinajstić information content (AvgIpc) is 3.14. The molecule has 4 heterocycles. The molecule has 0 saturated carbocycles. The van der Waals surface area contributed by atoms with Crippen molar-refractivity contribution in [3.63, 3.8) is 0 Å². The van der Waals surface area contributed by atoms with Crippen LogP contribution in [0.4, 0.5) is 19.1 Å². The molecule has 0 aromatic carbocycles. The van der Waals surface area contributed by atoms with E-state index in [9.17, 15) is 18.1 Å². The zero-order valence-corrected chi connectivity index (χ0v) is 16.0. The zero-order chi connectivity index (χ0) is 21.1. The van der Waals surface area contributed by atoms with Crippen molar-refractivity contribution in [2.24, 2.45) is 0 Å². The van der Waals surface area contributed by atoms with Gasteiger partial charge in [0.2, 0.25) is 5.95 Å². The van der Waals surface area contributed by atoms with Crippen molar-refractivity contribution in [3.05, 3.63) is 16.7 Å². The summed E-state index contributed by atoms with van der Waals surface area (Å²) in [7, 11) is -4.30. The van der Waals surface area contributed by atoms with Gasteiger partial charge in [-0.05, 0) is 13.8 Å². The van der Waals surface area contributed by atoms with Crippen molar-refractivity contribution >= 4 is 24.9 Å². The quantitative estimate of drug-likeness (QED) is 0.678. The number of fused-ring (bicyclic) bond motifs is 2. The summed E-state index contributed by atoms with van der Waals surface area (Å²) in [5, 5.41) is 0. The number of nitrogens with zero attached hydrogens (tertiary/aromatic N) is 3. The Labute approximate surface area is 160 Å². The average molecular weight is 439 g/mol. The molecule has 2 aromatic rings. The molecule has 5 unspecified atom stereocenters. The zero-order valence-electron chi connectivity index (χ0n) is 15.1. The summed E-state index contributed by atoms with van der Waals surface area (Å²) in [5.41, 5.74) is 1.88. The van der Waals surface area contributed by atoms with Crippen LogP contribution in [0, 0.1) is 0 Å². The number of halogens is 3. The van der Waals surface area contributed by atoms with Crippen molar-refractivity contribution < 1.29 is 36.0 Å². The highest BCUT2D eigenvalue weighted by Crippen LogP contribution is 2.61. The molecule has 3 N–H and O–H groups in total. The van der Waals surface area contributed by atoms with Crippen LogP contribution in [0.1, 0.15) is 20.1 Å². The third-order valence-electron chi connectivity index (χ3n) is 4.51. The first-order valence-corrected chi connectivity index (χ1v) is 9.96. The Hall–Kier alpha value is -1.99. The molecule has 2 aromatic heterocycles. The molecule has 5 atom stereocenters. The summed E-state index contributed by atoms with van der Waals surface area (Å²) < 4.78 is 77.0. The number of nitrogen functional groups attached to an aromatic ring is 1. The highest BCUT2D eigenvalue weighted by Gasteiger charge is 2.68. The number of hydrogen-bond acceptors (Lipinski definition) is 9. The number of phosphoric acid groups is 1. The van der Waals surface area contributed by atoms with E-state index < -0.39 is 56.6 Å². The van der Waals surface area contributed by atoms with E-state index in [1.54, 1.807) is 0 Å².